The highest BCUT2D eigenvalue weighted by atomic mass is 32.2. The van der Waals surface area contributed by atoms with Gasteiger partial charge in [0.2, 0.25) is 0 Å². The average molecular weight is 268 g/mol. The summed E-state index contributed by atoms with van der Waals surface area (Å²) in [6, 6.07) is 0. The molecular weight excluding hydrogens is 248 g/mol. The number of methoxy groups -OCH3 is 1. The van der Waals surface area contributed by atoms with Crippen LogP contribution >= 0.6 is 11.8 Å². The topological polar surface area (TPSA) is 73.1 Å². The number of ether oxygens (including phenoxy) is 1. The molecule has 0 aliphatic heterocycles. The van der Waals surface area contributed by atoms with Crippen molar-refractivity contribution in [2.45, 2.75) is 42.9 Å². The number of nitrogens with zero attached hydrogens (tertiary/aromatic N) is 2. The lowest BCUT2D eigenvalue weighted by Gasteiger charge is -2.26. The number of rotatable bonds is 4. The quantitative estimate of drug-likeness (QED) is 0.496. The van der Waals surface area contributed by atoms with Gasteiger partial charge in [0.15, 0.2) is 11.6 Å². The van der Waals surface area contributed by atoms with E-state index >= 15 is 0 Å². The Hall–Kier alpha value is -1.01. The number of hydrogen-bond acceptors (Lipinski definition) is 6. The van der Waals surface area contributed by atoms with Crippen molar-refractivity contribution in [1.29, 1.82) is 0 Å². The van der Waals surface area contributed by atoms with Gasteiger partial charge in [-0.25, -0.2) is 15.8 Å². The van der Waals surface area contributed by atoms with Crippen molar-refractivity contribution in [3.05, 3.63) is 6.33 Å². The van der Waals surface area contributed by atoms with Crippen LogP contribution in [-0.4, -0.2) is 22.3 Å². The number of hydrazine groups is 1. The summed E-state index contributed by atoms with van der Waals surface area (Å²) in [6.45, 7) is 2.32. The maximum absolute atomic E-state index is 5.42. The second kappa shape index (κ2) is 6.24. The lowest BCUT2D eigenvalue weighted by Crippen LogP contribution is -2.16. The molecule has 1 fully saturated rings. The molecule has 3 N–H and O–H groups in total. The summed E-state index contributed by atoms with van der Waals surface area (Å²) in [5.41, 5.74) is 2.54. The Labute approximate surface area is 112 Å². The molecule has 0 spiro atoms. The summed E-state index contributed by atoms with van der Waals surface area (Å²) in [5.74, 6) is 7.41. The van der Waals surface area contributed by atoms with Gasteiger partial charge < -0.3 is 10.2 Å². The zero-order valence-electron chi connectivity index (χ0n) is 10.8. The minimum Gasteiger partial charge on any atom is -0.490 e. The molecule has 0 amide bonds. The monoisotopic (exact) mass is 268 g/mol. The van der Waals surface area contributed by atoms with Crippen molar-refractivity contribution < 1.29 is 4.74 Å². The number of thioether (sulfide) groups is 1. The van der Waals surface area contributed by atoms with Crippen LogP contribution in [0.5, 0.6) is 5.75 Å². The Bertz CT molecular complexity index is 402. The van der Waals surface area contributed by atoms with Gasteiger partial charge in [-0.15, -0.1) is 0 Å². The molecule has 5 nitrogen and oxygen atoms in total. The maximum atomic E-state index is 5.42. The number of hydrogen-bond donors (Lipinski definition) is 2. The molecule has 1 saturated carbocycles. The fraction of sp³-hybridized carbons (Fsp3) is 0.667. The van der Waals surface area contributed by atoms with E-state index in [0.717, 1.165) is 10.9 Å². The highest BCUT2D eigenvalue weighted by molar-refractivity contribution is 8.00. The van der Waals surface area contributed by atoms with Crippen molar-refractivity contribution >= 4 is 17.6 Å². The predicted octanol–water partition coefficient (Wildman–Crippen LogP) is 2.44. The van der Waals surface area contributed by atoms with Crippen LogP contribution in [0.4, 0.5) is 5.82 Å². The lowest BCUT2D eigenvalue weighted by atomic mass is 9.91. The first-order valence-corrected chi connectivity index (χ1v) is 7.14. The zero-order chi connectivity index (χ0) is 13.0. The summed E-state index contributed by atoms with van der Waals surface area (Å²) in [7, 11) is 1.62. The normalized spacial score (nSPS) is 23.7. The first kappa shape index (κ1) is 13.4. The smallest absolute Gasteiger partial charge is 0.195 e. The Morgan fingerprint density at radius 2 is 2.28 bits per heavy atom. The van der Waals surface area contributed by atoms with E-state index < -0.39 is 0 Å². The molecule has 0 bridgehead atoms. The number of nitrogen functional groups attached to an aromatic ring is 1. The molecule has 2 unspecified atom stereocenters. The predicted molar refractivity (Wildman–Crippen MR) is 73.7 cm³/mol. The van der Waals surface area contributed by atoms with Gasteiger partial charge in [-0.1, -0.05) is 31.5 Å². The molecule has 1 aliphatic rings. The molecule has 0 aromatic carbocycles. The van der Waals surface area contributed by atoms with Crippen molar-refractivity contribution in [1.82, 2.24) is 9.97 Å². The largest absolute Gasteiger partial charge is 0.490 e. The van der Waals surface area contributed by atoms with E-state index in [4.69, 9.17) is 10.6 Å². The first-order valence-electron chi connectivity index (χ1n) is 6.26. The number of nitrogens with two attached hydrogens (primary N) is 1. The third-order valence-corrected chi connectivity index (χ3v) is 4.55. The molecule has 1 aliphatic carbocycles. The Kier molecular flexibility index (Phi) is 4.66. The molecule has 1 aromatic heterocycles. The van der Waals surface area contributed by atoms with Crippen molar-refractivity contribution in [2.75, 3.05) is 12.5 Å². The van der Waals surface area contributed by atoms with Gasteiger partial charge in [0.1, 0.15) is 11.4 Å². The van der Waals surface area contributed by atoms with Crippen LogP contribution in [0.15, 0.2) is 11.4 Å². The third-order valence-electron chi connectivity index (χ3n) is 3.28. The SMILES string of the molecule is COc1c(NN)ncnc1SC1CCCC(C)C1. The summed E-state index contributed by atoms with van der Waals surface area (Å²) in [4.78, 5) is 8.36. The highest BCUT2D eigenvalue weighted by Gasteiger charge is 2.22. The fourth-order valence-electron chi connectivity index (χ4n) is 2.37. The molecule has 6 heteroatoms. The van der Waals surface area contributed by atoms with Gasteiger partial charge >= 0.3 is 0 Å². The Morgan fingerprint density at radius 1 is 1.44 bits per heavy atom. The Morgan fingerprint density at radius 3 is 2.94 bits per heavy atom. The van der Waals surface area contributed by atoms with Crippen molar-refractivity contribution in [3.63, 3.8) is 0 Å². The standard InChI is InChI=1S/C12H20N4OS/c1-8-4-3-5-9(6-8)18-12-10(17-2)11(16-13)14-7-15-12/h7-9H,3-6,13H2,1-2H3,(H,14,15,16). The summed E-state index contributed by atoms with van der Waals surface area (Å²) < 4.78 is 5.35. The van der Waals surface area contributed by atoms with E-state index in [1.165, 1.54) is 32.0 Å². The second-order valence-corrected chi connectivity index (χ2v) is 6.01. The van der Waals surface area contributed by atoms with E-state index in [1.807, 2.05) is 0 Å². The molecule has 18 heavy (non-hydrogen) atoms. The van der Waals surface area contributed by atoms with Crippen LogP contribution in [0.3, 0.4) is 0 Å². The average Bonchev–Trinajstić information content (AvgIpc) is 2.38. The molecule has 2 rings (SSSR count). The molecule has 0 saturated heterocycles. The summed E-state index contributed by atoms with van der Waals surface area (Å²) in [6.07, 6.45) is 6.64. The van der Waals surface area contributed by atoms with Crippen molar-refractivity contribution in [2.24, 2.45) is 11.8 Å². The minimum atomic E-state index is 0.541. The van der Waals surface area contributed by atoms with E-state index in [1.54, 1.807) is 18.9 Å². The van der Waals surface area contributed by atoms with Crippen LogP contribution in [0.25, 0.3) is 0 Å². The summed E-state index contributed by atoms with van der Waals surface area (Å²) in [5, 5.41) is 1.49. The van der Waals surface area contributed by atoms with E-state index in [9.17, 15) is 0 Å². The van der Waals surface area contributed by atoms with Crippen LogP contribution < -0.4 is 16.0 Å². The second-order valence-electron chi connectivity index (χ2n) is 4.72. The van der Waals surface area contributed by atoms with Gasteiger partial charge in [0, 0.05) is 5.25 Å². The van der Waals surface area contributed by atoms with Crippen LogP contribution in [0.1, 0.15) is 32.6 Å². The molecular formula is C12H20N4OS. The summed E-state index contributed by atoms with van der Waals surface area (Å²) >= 11 is 1.78. The first-order chi connectivity index (χ1) is 8.74. The number of aromatic nitrogens is 2. The fourth-order valence-corrected chi connectivity index (χ4v) is 3.79. The number of anilines is 1. The molecule has 1 heterocycles. The third kappa shape index (κ3) is 3.05. The molecule has 1 aromatic rings. The molecule has 100 valence electrons. The van der Waals surface area contributed by atoms with Crippen LogP contribution in [0, 0.1) is 5.92 Å². The lowest BCUT2D eigenvalue weighted by molar-refractivity contribution is 0.390. The van der Waals surface area contributed by atoms with Gasteiger partial charge in [-0.2, -0.15) is 0 Å². The van der Waals surface area contributed by atoms with Crippen LogP contribution in [0.2, 0.25) is 0 Å². The van der Waals surface area contributed by atoms with Gasteiger partial charge in [0.25, 0.3) is 0 Å². The molecule has 0 radical (unpaired) electrons. The van der Waals surface area contributed by atoms with E-state index in [0.29, 0.717) is 16.8 Å². The maximum Gasteiger partial charge on any atom is 0.195 e. The Balaban J connectivity index is 2.12. The van der Waals surface area contributed by atoms with Crippen LogP contribution in [-0.2, 0) is 0 Å². The number of nitrogens with one attached hydrogen (secondary N) is 1. The minimum absolute atomic E-state index is 0.541. The highest BCUT2D eigenvalue weighted by Crippen LogP contribution is 2.40. The van der Waals surface area contributed by atoms with Gasteiger partial charge in [-0.3, -0.25) is 0 Å². The van der Waals surface area contributed by atoms with E-state index in [-0.39, 0.29) is 0 Å². The zero-order valence-corrected chi connectivity index (χ0v) is 11.7. The molecule has 2 atom stereocenters. The van der Waals surface area contributed by atoms with E-state index in [2.05, 4.69) is 22.3 Å². The van der Waals surface area contributed by atoms with Crippen molar-refractivity contribution in [3.8, 4) is 5.75 Å². The van der Waals surface area contributed by atoms with Gasteiger partial charge in [0.05, 0.1) is 7.11 Å². The van der Waals surface area contributed by atoms with Gasteiger partial charge in [-0.05, 0) is 18.8 Å².